The van der Waals surface area contributed by atoms with Crippen LogP contribution in [0.5, 0.6) is 0 Å². The molecule has 0 aliphatic carbocycles. The van der Waals surface area contributed by atoms with E-state index in [1.54, 1.807) is 12.1 Å². The minimum absolute atomic E-state index is 0.0698. The summed E-state index contributed by atoms with van der Waals surface area (Å²) in [6.07, 6.45) is 0.589. The van der Waals surface area contributed by atoms with Gasteiger partial charge in [0.2, 0.25) is 11.8 Å². The quantitative estimate of drug-likeness (QED) is 0.650. The minimum atomic E-state index is -0.484. The van der Waals surface area contributed by atoms with Crippen LogP contribution in [0.25, 0.3) is 0 Å². The summed E-state index contributed by atoms with van der Waals surface area (Å²) in [6, 6.07) is 5.99. The number of aromatic nitrogens is 3. The molecule has 2 amide bonds. The highest BCUT2D eigenvalue weighted by Crippen LogP contribution is 2.20. The van der Waals surface area contributed by atoms with Crippen LogP contribution >= 0.6 is 11.8 Å². The van der Waals surface area contributed by atoms with Gasteiger partial charge in [0, 0.05) is 19.4 Å². The molecular weight excluding hydrogens is 357 g/mol. The second-order valence-corrected chi connectivity index (χ2v) is 7.13. The van der Waals surface area contributed by atoms with Crippen molar-refractivity contribution in [3.8, 4) is 0 Å². The van der Waals surface area contributed by atoms with E-state index in [-0.39, 0.29) is 23.8 Å². The molecule has 1 aromatic carbocycles. The Morgan fingerprint density at radius 2 is 2.04 bits per heavy atom. The number of benzene rings is 1. The van der Waals surface area contributed by atoms with Crippen molar-refractivity contribution in [3.63, 3.8) is 0 Å². The Morgan fingerprint density at radius 3 is 2.69 bits per heavy atom. The van der Waals surface area contributed by atoms with Crippen LogP contribution < -0.4 is 11.1 Å². The summed E-state index contributed by atoms with van der Waals surface area (Å²) in [5.41, 5.74) is 5.34. The van der Waals surface area contributed by atoms with Crippen molar-refractivity contribution < 1.29 is 14.0 Å². The highest BCUT2D eigenvalue weighted by Gasteiger charge is 2.16. The molecule has 2 aromatic rings. The van der Waals surface area contributed by atoms with Crippen LogP contribution in [0.15, 0.2) is 29.4 Å². The van der Waals surface area contributed by atoms with Gasteiger partial charge in [-0.2, -0.15) is 0 Å². The molecule has 0 atom stereocenters. The van der Waals surface area contributed by atoms with Crippen LogP contribution in [0, 0.1) is 11.7 Å². The number of halogens is 1. The van der Waals surface area contributed by atoms with Crippen LogP contribution in [-0.4, -0.2) is 32.3 Å². The molecule has 0 aliphatic heterocycles. The third-order valence-electron chi connectivity index (χ3n) is 3.42. The molecule has 7 nitrogen and oxygen atoms in total. The monoisotopic (exact) mass is 379 g/mol. The number of hydrogen-bond acceptors (Lipinski definition) is 5. The molecule has 0 saturated heterocycles. The second kappa shape index (κ2) is 9.33. The van der Waals surface area contributed by atoms with E-state index < -0.39 is 11.7 Å². The normalized spacial score (nSPS) is 10.9. The third kappa shape index (κ3) is 5.83. The van der Waals surface area contributed by atoms with Gasteiger partial charge in [-0.15, -0.1) is 10.2 Å². The number of aryl methyl sites for hydroxylation is 1. The number of carbonyl (C=O) groups excluding carboxylic acids is 2. The maximum atomic E-state index is 13.6. The first-order valence-electron chi connectivity index (χ1n) is 8.24. The molecule has 1 heterocycles. The standard InChI is InChI=1S/C17H22FN5O2S/c1-11(2)9-23-15(8-7-14(19)24)21-22-17(23)26-10-16(25)20-13-6-4-3-5-12(13)18/h3-6,11H,7-10H2,1-2H3,(H2,19,24)(H,20,25). The summed E-state index contributed by atoms with van der Waals surface area (Å²) in [5, 5.41) is 11.3. The van der Waals surface area contributed by atoms with E-state index in [1.807, 2.05) is 4.57 Å². The highest BCUT2D eigenvalue weighted by molar-refractivity contribution is 7.99. The number of thioether (sulfide) groups is 1. The van der Waals surface area contributed by atoms with Gasteiger partial charge in [-0.05, 0) is 18.1 Å². The first-order chi connectivity index (χ1) is 12.4. The molecule has 0 bridgehead atoms. The molecule has 140 valence electrons. The van der Waals surface area contributed by atoms with Gasteiger partial charge in [-0.3, -0.25) is 9.59 Å². The fourth-order valence-corrected chi connectivity index (χ4v) is 3.04. The number of primary amides is 1. The van der Waals surface area contributed by atoms with Gasteiger partial charge < -0.3 is 15.6 Å². The van der Waals surface area contributed by atoms with E-state index in [9.17, 15) is 14.0 Å². The van der Waals surface area contributed by atoms with Crippen molar-refractivity contribution in [1.82, 2.24) is 14.8 Å². The number of amides is 2. The zero-order valence-corrected chi connectivity index (χ0v) is 15.6. The van der Waals surface area contributed by atoms with Gasteiger partial charge >= 0.3 is 0 Å². The van der Waals surface area contributed by atoms with E-state index in [0.717, 1.165) is 0 Å². The van der Waals surface area contributed by atoms with E-state index in [4.69, 9.17) is 5.73 Å². The number of nitrogens with one attached hydrogen (secondary N) is 1. The lowest BCUT2D eigenvalue weighted by molar-refractivity contribution is -0.118. The van der Waals surface area contributed by atoms with Crippen LogP contribution in [-0.2, 0) is 22.6 Å². The number of nitrogens with zero attached hydrogens (tertiary/aromatic N) is 3. The zero-order valence-electron chi connectivity index (χ0n) is 14.7. The maximum absolute atomic E-state index is 13.6. The Bertz CT molecular complexity index is 778. The summed E-state index contributed by atoms with van der Waals surface area (Å²) >= 11 is 1.22. The lowest BCUT2D eigenvalue weighted by atomic mass is 10.2. The summed E-state index contributed by atoms with van der Waals surface area (Å²) in [7, 11) is 0. The molecule has 26 heavy (non-hydrogen) atoms. The molecule has 2 rings (SSSR count). The molecule has 0 radical (unpaired) electrons. The summed E-state index contributed by atoms with van der Waals surface area (Å²) in [4.78, 5) is 23.1. The predicted molar refractivity (Wildman–Crippen MR) is 98.1 cm³/mol. The third-order valence-corrected chi connectivity index (χ3v) is 4.38. The Labute approximate surface area is 155 Å². The number of hydrogen-bond donors (Lipinski definition) is 2. The summed E-state index contributed by atoms with van der Waals surface area (Å²) < 4.78 is 15.5. The summed E-state index contributed by atoms with van der Waals surface area (Å²) in [5.74, 6) is -0.150. The first-order valence-corrected chi connectivity index (χ1v) is 9.23. The van der Waals surface area contributed by atoms with E-state index in [2.05, 4.69) is 29.4 Å². The van der Waals surface area contributed by atoms with E-state index in [1.165, 1.54) is 23.9 Å². The van der Waals surface area contributed by atoms with Crippen LogP contribution in [0.1, 0.15) is 26.1 Å². The van der Waals surface area contributed by atoms with E-state index >= 15 is 0 Å². The summed E-state index contributed by atoms with van der Waals surface area (Å²) in [6.45, 7) is 4.77. The molecule has 0 spiro atoms. The number of carbonyl (C=O) groups is 2. The molecular formula is C17H22FN5O2S. The van der Waals surface area contributed by atoms with Crippen LogP contribution in [0.2, 0.25) is 0 Å². The van der Waals surface area contributed by atoms with Gasteiger partial charge in [0.05, 0.1) is 11.4 Å². The number of para-hydroxylation sites is 1. The molecule has 1 aromatic heterocycles. The molecule has 0 unspecified atom stereocenters. The molecule has 9 heteroatoms. The first kappa shape index (κ1) is 19.9. The average molecular weight is 379 g/mol. The predicted octanol–water partition coefficient (Wildman–Crippen LogP) is 2.22. The lowest BCUT2D eigenvalue weighted by Crippen LogP contribution is -2.17. The Kier molecular flexibility index (Phi) is 7.14. The number of nitrogens with two attached hydrogens (primary N) is 1. The fourth-order valence-electron chi connectivity index (χ4n) is 2.27. The minimum Gasteiger partial charge on any atom is -0.370 e. The zero-order chi connectivity index (χ0) is 19.1. The smallest absolute Gasteiger partial charge is 0.234 e. The van der Waals surface area contributed by atoms with Gasteiger partial charge in [-0.25, -0.2) is 4.39 Å². The van der Waals surface area contributed by atoms with E-state index in [0.29, 0.717) is 29.9 Å². The van der Waals surface area contributed by atoms with Gasteiger partial charge in [0.15, 0.2) is 5.16 Å². The Hall–Kier alpha value is -2.42. The number of anilines is 1. The second-order valence-electron chi connectivity index (χ2n) is 6.19. The Morgan fingerprint density at radius 1 is 1.31 bits per heavy atom. The van der Waals surface area contributed by atoms with Gasteiger partial charge in [0.25, 0.3) is 0 Å². The van der Waals surface area contributed by atoms with Gasteiger partial charge in [-0.1, -0.05) is 37.7 Å². The maximum Gasteiger partial charge on any atom is 0.234 e. The van der Waals surface area contributed by atoms with Gasteiger partial charge in [0.1, 0.15) is 11.6 Å². The van der Waals surface area contributed by atoms with Crippen LogP contribution in [0.4, 0.5) is 10.1 Å². The molecule has 3 N–H and O–H groups in total. The SMILES string of the molecule is CC(C)Cn1c(CCC(N)=O)nnc1SCC(=O)Nc1ccccc1F. The molecule has 0 aliphatic rings. The topological polar surface area (TPSA) is 103 Å². The van der Waals surface area contributed by atoms with Crippen molar-refractivity contribution >= 4 is 29.3 Å². The lowest BCUT2D eigenvalue weighted by Gasteiger charge is -2.12. The van der Waals surface area contributed by atoms with Crippen molar-refractivity contribution in [2.75, 3.05) is 11.1 Å². The Balaban J connectivity index is 2.02. The highest BCUT2D eigenvalue weighted by atomic mass is 32.2. The van der Waals surface area contributed by atoms with Crippen molar-refractivity contribution in [2.24, 2.45) is 11.7 Å². The van der Waals surface area contributed by atoms with Crippen LogP contribution in [0.3, 0.4) is 0 Å². The van der Waals surface area contributed by atoms with Crippen molar-refractivity contribution in [1.29, 1.82) is 0 Å². The van der Waals surface area contributed by atoms with Crippen molar-refractivity contribution in [2.45, 2.75) is 38.4 Å². The van der Waals surface area contributed by atoms with Crippen molar-refractivity contribution in [3.05, 3.63) is 35.9 Å². The average Bonchev–Trinajstić information content (AvgIpc) is 2.94. The fraction of sp³-hybridized carbons (Fsp3) is 0.412. The molecule has 0 saturated carbocycles. The largest absolute Gasteiger partial charge is 0.370 e. The molecule has 0 fully saturated rings. The number of rotatable bonds is 9.